The molecule has 0 aliphatic carbocycles. The van der Waals surface area contributed by atoms with Crippen LogP contribution in [0.5, 0.6) is 0 Å². The summed E-state index contributed by atoms with van der Waals surface area (Å²) in [6.45, 7) is 45.8. The summed E-state index contributed by atoms with van der Waals surface area (Å²) >= 11 is 0. The highest BCUT2D eigenvalue weighted by Gasteiger charge is 2.03. The fourth-order valence-corrected chi connectivity index (χ4v) is 12.0. The highest BCUT2D eigenvalue weighted by molar-refractivity contribution is 5.49. The summed E-state index contributed by atoms with van der Waals surface area (Å²) in [7, 11) is 0. The zero-order valence-electron chi connectivity index (χ0n) is 67.1. The van der Waals surface area contributed by atoms with Gasteiger partial charge in [-0.1, -0.05) is 217 Å². The van der Waals surface area contributed by atoms with E-state index in [1.807, 2.05) is 0 Å². The molecule has 0 aromatic heterocycles. The van der Waals surface area contributed by atoms with Crippen LogP contribution in [-0.2, 0) is 4.79 Å². The molecule has 0 saturated carbocycles. The largest absolute Gasteiger partial charge is 0.303 e. The first kappa shape index (κ1) is 91.0. The molecule has 0 aromatic rings. The average molecular weight is 1310 g/mol. The molecule has 540 valence electrons. The minimum atomic E-state index is 0.493. The smallest absolute Gasteiger partial charge is 0.120 e. The first-order valence-corrected chi connectivity index (χ1v) is 39.1. The van der Waals surface area contributed by atoms with Gasteiger partial charge in [0.25, 0.3) is 0 Å². The van der Waals surface area contributed by atoms with Crippen molar-refractivity contribution in [2.75, 3.05) is 0 Å². The number of carbonyl (C=O) groups is 1. The third-order valence-electron chi connectivity index (χ3n) is 19.2. The molecule has 0 N–H and O–H groups in total. The predicted molar refractivity (Wildman–Crippen MR) is 439 cm³/mol. The van der Waals surface area contributed by atoms with Crippen molar-refractivity contribution in [1.29, 1.82) is 0 Å². The van der Waals surface area contributed by atoms with Gasteiger partial charge in [0.05, 0.1) is 0 Å². The van der Waals surface area contributed by atoms with Crippen molar-refractivity contribution in [3.8, 4) is 0 Å². The maximum Gasteiger partial charge on any atom is 0.120 e. The first-order valence-electron chi connectivity index (χ1n) is 39.1. The Morgan fingerprint density at radius 1 is 0.188 bits per heavy atom. The van der Waals surface area contributed by atoms with Gasteiger partial charge in [-0.3, -0.25) is 0 Å². The van der Waals surface area contributed by atoms with Gasteiger partial charge in [-0.2, -0.15) is 0 Å². The van der Waals surface area contributed by atoms with Crippen LogP contribution in [-0.4, -0.2) is 6.29 Å². The maximum absolute atomic E-state index is 10.7. The zero-order valence-corrected chi connectivity index (χ0v) is 67.1. The molecular weight excluding hydrogens is 1160 g/mol. The molecule has 0 aliphatic rings. The number of carbonyl (C=O) groups excluding carboxylic acids is 1. The predicted octanol–water partition coefficient (Wildman–Crippen LogP) is 32.3. The molecule has 0 radical (unpaired) electrons. The zero-order chi connectivity index (χ0) is 71.6. The standard InChI is InChI=1S/C95H154O/c1-77(2)39-21-40-78(3)41-22-42-79(4)43-23-44-80(5)45-24-46-81(6)47-25-48-82(7)49-26-50-83(8)51-27-52-84(9)53-28-54-85(10)55-29-56-86(11)57-30-58-87(12)59-31-60-88(13)61-32-62-89(14)63-33-64-90(15)65-34-66-91(16)67-35-68-92(17)69-36-70-93(18)71-37-72-94(19)73-38-74-95(20)75-76-96/h39,41,43,45,47,49,51,53,55,57,59,61,63,65,67,69,71,73,76,95H,21-38,40,42,44,46,48,50,52,54,56,58,60,62,64,66,68,70,72,74-75H2,1-20H3/b78-41+,79-43+,80-45+,81-47+,82-49+,83-51+,84-53+,85-55+,86-57+,87-59+,88-61+,89-63+,90-65+,91-67+,92-69+,93-71+,94-73+. The van der Waals surface area contributed by atoms with E-state index in [1.165, 1.54) is 190 Å². The molecule has 0 aromatic carbocycles. The van der Waals surface area contributed by atoms with E-state index in [2.05, 4.69) is 248 Å². The van der Waals surface area contributed by atoms with Crippen LogP contribution in [0.4, 0.5) is 0 Å². The van der Waals surface area contributed by atoms with Gasteiger partial charge >= 0.3 is 0 Å². The Balaban J connectivity index is 4.35. The van der Waals surface area contributed by atoms with Crippen LogP contribution < -0.4 is 0 Å². The normalized spacial score (nSPS) is 15.4. The molecular formula is C95H154O. The van der Waals surface area contributed by atoms with Gasteiger partial charge in [0.1, 0.15) is 6.29 Å². The fraction of sp³-hybridized carbons (Fsp3) is 0.611. The lowest BCUT2D eigenvalue weighted by Gasteiger charge is -2.05. The van der Waals surface area contributed by atoms with Gasteiger partial charge < -0.3 is 4.79 Å². The lowest BCUT2D eigenvalue weighted by Crippen LogP contribution is -1.94. The minimum Gasteiger partial charge on any atom is -0.303 e. The van der Waals surface area contributed by atoms with Crippen molar-refractivity contribution in [3.05, 3.63) is 210 Å². The lowest BCUT2D eigenvalue weighted by atomic mass is 10.0. The van der Waals surface area contributed by atoms with Crippen LogP contribution in [0, 0.1) is 5.92 Å². The number of hydrogen-bond donors (Lipinski definition) is 0. The van der Waals surface area contributed by atoms with Gasteiger partial charge in [-0.25, -0.2) is 0 Å². The molecule has 0 amide bonds. The summed E-state index contributed by atoms with van der Waals surface area (Å²) in [5.74, 6) is 0.493. The van der Waals surface area contributed by atoms with Gasteiger partial charge in [-0.15, -0.1) is 0 Å². The summed E-state index contributed by atoms with van der Waals surface area (Å²) in [5, 5.41) is 0. The summed E-state index contributed by atoms with van der Waals surface area (Å²) in [5.41, 5.74) is 27.3. The maximum atomic E-state index is 10.7. The molecule has 0 heterocycles. The van der Waals surface area contributed by atoms with Crippen LogP contribution in [0.25, 0.3) is 0 Å². The van der Waals surface area contributed by atoms with Gasteiger partial charge in [0, 0.05) is 6.42 Å². The van der Waals surface area contributed by atoms with Gasteiger partial charge in [-0.05, 0) is 369 Å². The number of hydrogen-bond acceptors (Lipinski definition) is 1. The molecule has 1 atom stereocenters. The quantitative estimate of drug-likeness (QED) is 0.0438. The number of aldehydes is 1. The van der Waals surface area contributed by atoms with E-state index in [4.69, 9.17) is 0 Å². The molecule has 0 aliphatic heterocycles. The molecule has 0 saturated heterocycles. The Labute approximate surface area is 599 Å². The average Bonchev–Trinajstić information content (AvgIpc) is 3.73. The molecule has 1 nitrogen and oxygen atoms in total. The third-order valence-corrected chi connectivity index (χ3v) is 19.2. The highest BCUT2D eigenvalue weighted by atomic mass is 16.1. The van der Waals surface area contributed by atoms with Crippen molar-refractivity contribution >= 4 is 6.29 Å². The van der Waals surface area contributed by atoms with Crippen LogP contribution in [0.1, 0.15) is 376 Å². The Morgan fingerprint density at radius 2 is 0.302 bits per heavy atom. The number of allylic oxidation sites excluding steroid dienone is 36. The topological polar surface area (TPSA) is 17.1 Å². The van der Waals surface area contributed by atoms with Gasteiger partial charge in [0.2, 0.25) is 0 Å². The lowest BCUT2D eigenvalue weighted by molar-refractivity contribution is -0.108. The second kappa shape index (κ2) is 61.1. The van der Waals surface area contributed by atoms with E-state index in [9.17, 15) is 4.79 Å². The SMILES string of the molecule is CC(C)=CCC/C(C)=C/CC/C(C)=C/CC/C(C)=C/CC/C(C)=C/CC/C(C)=C/CC/C(C)=C/CC/C(C)=C/CC/C(C)=C/CC/C(C)=C/CC/C(C)=C/CC/C(C)=C/CC/C(C)=C/CC/C(C)=C/CC/C(C)=C/CC/C(C)=C/CC/C(C)=C/CC/C(C)=C/CCC(C)CC=O. The Bertz CT molecular complexity index is 2720. The second-order valence-electron chi connectivity index (χ2n) is 30.4. The highest BCUT2D eigenvalue weighted by Crippen LogP contribution is 2.23. The first-order chi connectivity index (χ1) is 45.9. The van der Waals surface area contributed by atoms with Crippen LogP contribution in [0.3, 0.4) is 0 Å². The summed E-state index contributed by atoms with van der Waals surface area (Å²) < 4.78 is 0. The van der Waals surface area contributed by atoms with Crippen molar-refractivity contribution in [1.82, 2.24) is 0 Å². The monoisotopic (exact) mass is 1310 g/mol. The Hall–Kier alpha value is -5.01. The molecule has 96 heavy (non-hydrogen) atoms. The summed E-state index contributed by atoms with van der Waals surface area (Å²) in [6, 6.07) is 0. The molecule has 1 heteroatoms. The molecule has 0 spiro atoms. The van der Waals surface area contributed by atoms with E-state index in [1.54, 1.807) is 0 Å². The van der Waals surface area contributed by atoms with E-state index in [0.29, 0.717) is 12.3 Å². The van der Waals surface area contributed by atoms with Gasteiger partial charge in [0.15, 0.2) is 0 Å². The molecule has 0 fully saturated rings. The Morgan fingerprint density at radius 3 is 0.417 bits per heavy atom. The summed E-state index contributed by atoms with van der Waals surface area (Å²) in [4.78, 5) is 10.7. The Kier molecular flexibility index (Phi) is 57.9. The van der Waals surface area contributed by atoms with E-state index in [0.717, 1.165) is 148 Å². The number of rotatable bonds is 56. The van der Waals surface area contributed by atoms with Crippen molar-refractivity contribution < 1.29 is 4.79 Å². The molecule has 0 bridgehead atoms. The fourth-order valence-electron chi connectivity index (χ4n) is 12.0. The van der Waals surface area contributed by atoms with Crippen molar-refractivity contribution in [3.63, 3.8) is 0 Å². The summed E-state index contributed by atoms with van der Waals surface area (Å²) in [6.07, 6.45) is 87.6. The molecule has 1 unspecified atom stereocenters. The van der Waals surface area contributed by atoms with Crippen LogP contribution >= 0.6 is 0 Å². The molecule has 0 rings (SSSR count). The van der Waals surface area contributed by atoms with Crippen LogP contribution in [0.2, 0.25) is 0 Å². The van der Waals surface area contributed by atoms with E-state index < -0.39 is 0 Å². The second-order valence-corrected chi connectivity index (χ2v) is 30.4. The third kappa shape index (κ3) is 61.3. The van der Waals surface area contributed by atoms with Crippen molar-refractivity contribution in [2.24, 2.45) is 5.92 Å². The van der Waals surface area contributed by atoms with Crippen molar-refractivity contribution in [2.45, 2.75) is 376 Å². The van der Waals surface area contributed by atoms with E-state index in [-0.39, 0.29) is 0 Å². The van der Waals surface area contributed by atoms with Crippen LogP contribution in [0.15, 0.2) is 210 Å². The van der Waals surface area contributed by atoms with E-state index >= 15 is 0 Å². The minimum absolute atomic E-state index is 0.493.